The molecule has 1 aliphatic heterocycles. The van der Waals surface area contributed by atoms with Gasteiger partial charge in [-0.15, -0.1) is 6.42 Å². The molecule has 0 saturated carbocycles. The zero-order valence-corrected chi connectivity index (χ0v) is 20.3. The normalized spacial score (nSPS) is 17.0. The number of imide groups is 1. The number of hydrogen-bond acceptors (Lipinski definition) is 8. The Kier molecular flexibility index (Phi) is 10.6. The highest BCUT2D eigenvalue weighted by Crippen LogP contribution is 2.38. The van der Waals surface area contributed by atoms with Crippen molar-refractivity contribution >= 4 is 32.1 Å². The zero-order valence-electron chi connectivity index (χ0n) is 19.5. The number of amides is 2. The van der Waals surface area contributed by atoms with E-state index in [1.807, 2.05) is 34.6 Å². The summed E-state index contributed by atoms with van der Waals surface area (Å²) in [5.41, 5.74) is 1.43. The van der Waals surface area contributed by atoms with Crippen LogP contribution in [0.5, 0.6) is 0 Å². The third-order valence-electron chi connectivity index (χ3n) is 4.39. The maximum Gasteiger partial charge on any atom is 0.328 e. The fourth-order valence-corrected chi connectivity index (χ4v) is 3.94. The Hall–Kier alpha value is -2.35. The molecule has 11 nitrogen and oxygen atoms in total. The second-order valence-corrected chi connectivity index (χ2v) is 10.2. The largest absolute Gasteiger partial charge is 0.480 e. The maximum absolute atomic E-state index is 11.8. The van der Waals surface area contributed by atoms with Gasteiger partial charge in [0.1, 0.15) is 12.1 Å². The van der Waals surface area contributed by atoms with Crippen LogP contribution in [0.15, 0.2) is 12.2 Å². The van der Waals surface area contributed by atoms with E-state index in [0.29, 0.717) is 17.9 Å². The van der Waals surface area contributed by atoms with Gasteiger partial charge in [-0.3, -0.25) is 19.3 Å². The third-order valence-corrected chi connectivity index (χ3v) is 5.85. The van der Waals surface area contributed by atoms with Gasteiger partial charge < -0.3 is 24.8 Å². The fraction of sp³-hybridized carbons (Fsp3) is 0.619. The average molecular weight is 485 g/mol. The van der Waals surface area contributed by atoms with Crippen molar-refractivity contribution < 1.29 is 38.7 Å². The topological polar surface area (TPSA) is 154 Å². The van der Waals surface area contributed by atoms with Crippen molar-refractivity contribution in [1.29, 1.82) is 0 Å². The Bertz CT molecular complexity index is 797. The number of rotatable bonds is 14. The molecule has 0 bridgehead atoms. The summed E-state index contributed by atoms with van der Waals surface area (Å²) in [6.07, 6.45) is 8.01. The number of nitrogens with zero attached hydrogens (tertiary/aromatic N) is 1. The molecule has 0 fully saturated rings. The smallest absolute Gasteiger partial charge is 0.328 e. The lowest BCUT2D eigenvalue weighted by Crippen LogP contribution is -2.52. The molecule has 0 saturated heterocycles. The molecule has 0 aliphatic carbocycles. The molecule has 0 radical (unpaired) electrons. The highest BCUT2D eigenvalue weighted by molar-refractivity contribution is 7.56. The first kappa shape index (κ1) is 28.7. The molecule has 3 atom stereocenters. The number of terminal acetylenes is 1. The van der Waals surface area contributed by atoms with Crippen LogP contribution in [0.4, 0.5) is 0 Å². The quantitative estimate of drug-likeness (QED) is 0.158. The second kappa shape index (κ2) is 12.2. The van der Waals surface area contributed by atoms with Crippen molar-refractivity contribution in [3.8, 4) is 12.1 Å². The van der Waals surface area contributed by atoms with Crippen molar-refractivity contribution in [3.05, 3.63) is 12.2 Å². The number of aliphatic carboxylic acids is 2. The molecular formula is C21H32N3O8P. The van der Waals surface area contributed by atoms with E-state index in [9.17, 15) is 29.4 Å². The first-order valence-electron chi connectivity index (χ1n) is 10.2. The van der Waals surface area contributed by atoms with Gasteiger partial charge in [0, 0.05) is 25.2 Å². The predicted molar refractivity (Wildman–Crippen MR) is 121 cm³/mol. The van der Waals surface area contributed by atoms with Crippen molar-refractivity contribution in [2.45, 2.75) is 64.3 Å². The highest BCUT2D eigenvalue weighted by Gasteiger charge is 2.36. The first-order valence-corrected chi connectivity index (χ1v) is 11.5. The number of carboxylic acid groups (broad SMARTS) is 2. The van der Waals surface area contributed by atoms with Gasteiger partial charge in [-0.05, 0) is 46.7 Å². The molecule has 4 N–H and O–H groups in total. The summed E-state index contributed by atoms with van der Waals surface area (Å²) in [4.78, 5) is 47.3. The molecular weight excluding hydrogens is 453 g/mol. The number of nitrogens with one attached hydrogen (secondary N) is 2. The number of carboxylic acids is 2. The highest BCUT2D eigenvalue weighted by atomic mass is 31.2. The Morgan fingerprint density at radius 2 is 1.70 bits per heavy atom. The predicted octanol–water partition coefficient (Wildman–Crippen LogP) is 0.900. The summed E-state index contributed by atoms with van der Waals surface area (Å²) in [6.45, 7) is 9.29. The monoisotopic (exact) mass is 485 g/mol. The lowest BCUT2D eigenvalue weighted by molar-refractivity contribution is -0.153. The molecule has 0 aromatic carbocycles. The van der Waals surface area contributed by atoms with Crippen LogP contribution in [-0.2, 0) is 28.4 Å². The van der Waals surface area contributed by atoms with Crippen LogP contribution in [0.3, 0.4) is 0 Å². The van der Waals surface area contributed by atoms with Crippen molar-refractivity contribution in [2.75, 3.05) is 19.7 Å². The van der Waals surface area contributed by atoms with Crippen LogP contribution in [0, 0.1) is 12.1 Å². The Labute approximate surface area is 194 Å². The molecule has 3 unspecified atom stereocenters. The molecule has 12 heteroatoms. The van der Waals surface area contributed by atoms with E-state index in [1.165, 1.54) is 0 Å². The molecule has 1 rings (SSSR count). The Balaban J connectivity index is 2.67. The van der Waals surface area contributed by atoms with Crippen LogP contribution >= 0.6 is 8.30 Å². The van der Waals surface area contributed by atoms with E-state index in [-0.39, 0.29) is 18.7 Å². The molecule has 2 amide bonds. The number of hydrogen-bond donors (Lipinski definition) is 4. The van der Waals surface area contributed by atoms with Crippen LogP contribution in [0.25, 0.3) is 0 Å². The summed E-state index contributed by atoms with van der Waals surface area (Å²) >= 11 is 0. The molecule has 184 valence electrons. The van der Waals surface area contributed by atoms with Gasteiger partial charge in [0.05, 0.1) is 17.8 Å². The van der Waals surface area contributed by atoms with Crippen LogP contribution in [0.1, 0.15) is 41.0 Å². The van der Waals surface area contributed by atoms with Gasteiger partial charge in [0.2, 0.25) is 0 Å². The van der Waals surface area contributed by atoms with Gasteiger partial charge in [0.15, 0.2) is 8.30 Å². The SMILES string of the molecule is C#CP(NC(CNCC(C(=O)O)N1C(=O)C=CC1=O)C(=O)O)OC(C)(C)CCOC(C)(C)C. The minimum absolute atomic E-state index is 0.222. The van der Waals surface area contributed by atoms with E-state index in [1.54, 1.807) is 0 Å². The summed E-state index contributed by atoms with van der Waals surface area (Å²) in [5, 5.41) is 24.3. The van der Waals surface area contributed by atoms with E-state index in [4.69, 9.17) is 15.7 Å². The van der Waals surface area contributed by atoms with Crippen LogP contribution in [0.2, 0.25) is 0 Å². The summed E-state index contributed by atoms with van der Waals surface area (Å²) < 4.78 is 11.6. The number of ether oxygens (including phenoxy) is 1. The van der Waals surface area contributed by atoms with Gasteiger partial charge in [-0.25, -0.2) is 9.88 Å². The summed E-state index contributed by atoms with van der Waals surface area (Å²) in [7, 11) is -1.77. The van der Waals surface area contributed by atoms with Crippen molar-refractivity contribution in [2.24, 2.45) is 0 Å². The second-order valence-electron chi connectivity index (χ2n) is 8.90. The molecule has 0 aromatic heterocycles. The third kappa shape index (κ3) is 9.98. The van der Waals surface area contributed by atoms with E-state index >= 15 is 0 Å². The van der Waals surface area contributed by atoms with Crippen LogP contribution < -0.4 is 10.4 Å². The standard InChI is InChI=1S/C21H32N3O8P/c1-7-33(32-21(5,6)10-11-31-20(2,3)4)23-14(18(27)28)12-22-13-15(19(29)30)24-16(25)8-9-17(24)26/h1,8-9,14-15,22-23H,10-13H2,2-6H3,(H,27,28)(H,29,30). The van der Waals surface area contributed by atoms with Crippen molar-refractivity contribution in [3.63, 3.8) is 0 Å². The van der Waals surface area contributed by atoms with Crippen LogP contribution in [-0.4, -0.2) is 81.8 Å². The van der Waals surface area contributed by atoms with E-state index < -0.39 is 49.7 Å². The fourth-order valence-electron chi connectivity index (χ4n) is 2.69. The lowest BCUT2D eigenvalue weighted by Gasteiger charge is -2.31. The number of carbonyl (C=O) groups is 4. The van der Waals surface area contributed by atoms with Gasteiger partial charge in [0.25, 0.3) is 11.8 Å². The first-order chi connectivity index (χ1) is 15.2. The number of carbonyl (C=O) groups excluding carboxylic acids is 2. The molecule has 0 aromatic rings. The average Bonchev–Trinajstić information content (AvgIpc) is 2.99. The van der Waals surface area contributed by atoms with Gasteiger partial charge >= 0.3 is 11.9 Å². The Morgan fingerprint density at radius 1 is 1.12 bits per heavy atom. The Morgan fingerprint density at radius 3 is 2.15 bits per heavy atom. The van der Waals surface area contributed by atoms with Crippen molar-refractivity contribution in [1.82, 2.24) is 15.3 Å². The van der Waals surface area contributed by atoms with Gasteiger partial charge in [-0.1, -0.05) is 0 Å². The minimum Gasteiger partial charge on any atom is -0.480 e. The minimum atomic E-state index is -1.77. The zero-order chi connectivity index (χ0) is 25.4. The summed E-state index contributed by atoms with van der Waals surface area (Å²) in [6, 6.07) is -2.69. The molecule has 0 spiro atoms. The molecule has 1 heterocycles. The van der Waals surface area contributed by atoms with E-state index in [2.05, 4.69) is 16.1 Å². The van der Waals surface area contributed by atoms with Gasteiger partial charge in [-0.2, -0.15) is 0 Å². The maximum atomic E-state index is 11.8. The molecule has 33 heavy (non-hydrogen) atoms. The summed E-state index contributed by atoms with van der Waals surface area (Å²) in [5.74, 6) is -4.13. The van der Waals surface area contributed by atoms with E-state index in [0.717, 1.165) is 12.2 Å². The molecule has 1 aliphatic rings. The lowest BCUT2D eigenvalue weighted by atomic mass is 10.1.